The Morgan fingerprint density at radius 1 is 1.42 bits per heavy atom. The molecule has 0 amide bonds. The molecule has 0 saturated carbocycles. The molecule has 0 bridgehead atoms. The fraction of sp³-hybridized carbons (Fsp3) is 0.538. The Morgan fingerprint density at radius 2 is 2.11 bits per heavy atom. The number of carboxylic acids is 1. The zero-order chi connectivity index (χ0) is 13.8. The highest BCUT2D eigenvalue weighted by molar-refractivity contribution is 5.93. The normalized spacial score (nSPS) is 16.6. The summed E-state index contributed by atoms with van der Waals surface area (Å²) in [5.41, 5.74) is -0.0658. The highest BCUT2D eigenvalue weighted by atomic mass is 19.1. The average Bonchev–Trinajstić information content (AvgIpc) is 2.40. The topological polar surface area (TPSA) is 56.7 Å². The van der Waals surface area contributed by atoms with Gasteiger partial charge in [0.25, 0.3) is 0 Å². The number of nitrogens with zero attached hydrogens (tertiary/aromatic N) is 3. The predicted octanol–water partition coefficient (Wildman–Crippen LogP) is 1.45. The van der Waals surface area contributed by atoms with E-state index in [0.29, 0.717) is 5.82 Å². The molecule has 6 heteroatoms. The lowest BCUT2D eigenvalue weighted by molar-refractivity contribution is 0.0696. The van der Waals surface area contributed by atoms with E-state index in [9.17, 15) is 9.18 Å². The zero-order valence-corrected chi connectivity index (χ0v) is 11.0. The monoisotopic (exact) mass is 267 g/mol. The number of piperazine rings is 1. The molecule has 1 aromatic rings. The van der Waals surface area contributed by atoms with Gasteiger partial charge in [0.1, 0.15) is 17.2 Å². The van der Waals surface area contributed by atoms with Crippen molar-refractivity contribution in [1.82, 2.24) is 9.88 Å². The number of rotatable bonds is 4. The number of hydrogen-bond acceptors (Lipinski definition) is 4. The Hall–Kier alpha value is -1.69. The summed E-state index contributed by atoms with van der Waals surface area (Å²) in [5, 5.41) is 9.11. The number of halogens is 1. The summed E-state index contributed by atoms with van der Waals surface area (Å²) in [5.74, 6) is -1.39. The zero-order valence-electron chi connectivity index (χ0n) is 11.0. The first-order valence-electron chi connectivity index (χ1n) is 6.48. The van der Waals surface area contributed by atoms with E-state index in [2.05, 4.69) is 16.8 Å². The molecule has 0 aromatic carbocycles. The van der Waals surface area contributed by atoms with Gasteiger partial charge in [-0.1, -0.05) is 6.92 Å². The van der Waals surface area contributed by atoms with E-state index in [-0.39, 0.29) is 5.56 Å². The molecule has 0 spiro atoms. The first kappa shape index (κ1) is 13.7. The second kappa shape index (κ2) is 5.97. The lowest BCUT2D eigenvalue weighted by atomic mass is 10.2. The molecule has 0 atom stereocenters. The van der Waals surface area contributed by atoms with E-state index in [4.69, 9.17) is 5.11 Å². The van der Waals surface area contributed by atoms with Crippen molar-refractivity contribution in [3.8, 4) is 0 Å². The van der Waals surface area contributed by atoms with Crippen LogP contribution >= 0.6 is 0 Å². The summed E-state index contributed by atoms with van der Waals surface area (Å²) in [7, 11) is 0. The number of aromatic nitrogens is 1. The number of anilines is 1. The van der Waals surface area contributed by atoms with Crippen LogP contribution in [-0.2, 0) is 0 Å². The van der Waals surface area contributed by atoms with Gasteiger partial charge in [0.2, 0.25) is 0 Å². The lowest BCUT2D eigenvalue weighted by Crippen LogP contribution is -2.47. The third-order valence-electron chi connectivity index (χ3n) is 3.28. The van der Waals surface area contributed by atoms with E-state index >= 15 is 0 Å². The fourth-order valence-electron chi connectivity index (χ4n) is 2.34. The predicted molar refractivity (Wildman–Crippen MR) is 70.1 cm³/mol. The molecule has 5 nitrogen and oxygen atoms in total. The van der Waals surface area contributed by atoms with Gasteiger partial charge in [0.15, 0.2) is 0 Å². The number of hydrogen-bond donors (Lipinski definition) is 1. The van der Waals surface area contributed by atoms with Crippen LogP contribution in [0.5, 0.6) is 0 Å². The van der Waals surface area contributed by atoms with Gasteiger partial charge >= 0.3 is 5.97 Å². The van der Waals surface area contributed by atoms with Crippen molar-refractivity contribution in [2.75, 3.05) is 37.6 Å². The van der Waals surface area contributed by atoms with Gasteiger partial charge in [-0.05, 0) is 19.0 Å². The summed E-state index contributed by atoms with van der Waals surface area (Å²) in [6, 6.07) is 1.03. The minimum Gasteiger partial charge on any atom is -0.478 e. The molecule has 1 aliphatic heterocycles. The van der Waals surface area contributed by atoms with E-state index in [1.807, 2.05) is 4.90 Å². The Bertz CT molecular complexity index is 459. The van der Waals surface area contributed by atoms with Crippen molar-refractivity contribution < 1.29 is 14.3 Å². The van der Waals surface area contributed by atoms with Crippen molar-refractivity contribution in [1.29, 1.82) is 0 Å². The molecule has 1 aliphatic rings. The molecule has 1 fully saturated rings. The van der Waals surface area contributed by atoms with Crippen LogP contribution in [0.1, 0.15) is 23.7 Å². The molecule has 2 heterocycles. The Balaban J connectivity index is 2.13. The van der Waals surface area contributed by atoms with Gasteiger partial charge in [-0.3, -0.25) is 4.90 Å². The smallest absolute Gasteiger partial charge is 0.339 e. The second-order valence-electron chi connectivity index (χ2n) is 4.66. The molecule has 0 aliphatic carbocycles. The van der Waals surface area contributed by atoms with Crippen molar-refractivity contribution in [2.45, 2.75) is 13.3 Å². The van der Waals surface area contributed by atoms with E-state index in [0.717, 1.165) is 51.4 Å². The summed E-state index contributed by atoms with van der Waals surface area (Å²) in [4.78, 5) is 19.3. The van der Waals surface area contributed by atoms with Crippen LogP contribution in [0.3, 0.4) is 0 Å². The van der Waals surface area contributed by atoms with E-state index in [1.165, 1.54) is 0 Å². The van der Waals surface area contributed by atoms with Crippen LogP contribution in [0, 0.1) is 5.82 Å². The average molecular weight is 267 g/mol. The minimum absolute atomic E-state index is 0.0658. The maximum Gasteiger partial charge on any atom is 0.339 e. The number of carboxylic acid groups (broad SMARTS) is 1. The molecule has 1 saturated heterocycles. The van der Waals surface area contributed by atoms with Crippen LogP contribution in [-0.4, -0.2) is 53.7 Å². The molecule has 2 rings (SSSR count). The van der Waals surface area contributed by atoms with Crippen LogP contribution in [0.4, 0.5) is 10.2 Å². The van der Waals surface area contributed by atoms with Gasteiger partial charge in [-0.15, -0.1) is 0 Å². The molecule has 1 aromatic heterocycles. The molecule has 104 valence electrons. The van der Waals surface area contributed by atoms with Crippen molar-refractivity contribution >= 4 is 11.8 Å². The first-order chi connectivity index (χ1) is 9.11. The number of pyridine rings is 1. The van der Waals surface area contributed by atoms with Gasteiger partial charge < -0.3 is 10.0 Å². The third-order valence-corrected chi connectivity index (χ3v) is 3.28. The highest BCUT2D eigenvalue weighted by Crippen LogP contribution is 2.20. The molecule has 19 heavy (non-hydrogen) atoms. The van der Waals surface area contributed by atoms with Gasteiger partial charge in [0.05, 0.1) is 6.20 Å². The summed E-state index contributed by atoms with van der Waals surface area (Å²) in [6.45, 7) is 6.39. The fourth-order valence-corrected chi connectivity index (χ4v) is 2.34. The van der Waals surface area contributed by atoms with Crippen LogP contribution in [0.25, 0.3) is 0 Å². The van der Waals surface area contributed by atoms with Crippen LogP contribution in [0.15, 0.2) is 12.3 Å². The van der Waals surface area contributed by atoms with Gasteiger partial charge in [-0.2, -0.15) is 0 Å². The summed E-state index contributed by atoms with van der Waals surface area (Å²) >= 11 is 0. The Labute approximate surface area is 111 Å². The molecular formula is C13H18FN3O2. The van der Waals surface area contributed by atoms with E-state index < -0.39 is 11.8 Å². The third kappa shape index (κ3) is 3.20. The molecular weight excluding hydrogens is 249 g/mol. The largest absolute Gasteiger partial charge is 0.478 e. The van der Waals surface area contributed by atoms with Crippen molar-refractivity contribution in [2.24, 2.45) is 0 Å². The van der Waals surface area contributed by atoms with Crippen molar-refractivity contribution in [3.05, 3.63) is 23.6 Å². The minimum atomic E-state index is -1.14. The number of carbonyl (C=O) groups is 1. The lowest BCUT2D eigenvalue weighted by Gasteiger charge is -2.35. The summed E-state index contributed by atoms with van der Waals surface area (Å²) < 4.78 is 13.1. The maximum absolute atomic E-state index is 13.1. The Kier molecular flexibility index (Phi) is 4.31. The SMILES string of the molecule is CCCN1CCN(c2ncc(F)cc2C(=O)O)CC1. The highest BCUT2D eigenvalue weighted by Gasteiger charge is 2.22. The molecule has 0 unspecified atom stereocenters. The molecule has 0 radical (unpaired) electrons. The Morgan fingerprint density at radius 3 is 2.68 bits per heavy atom. The molecule has 1 N–H and O–H groups in total. The van der Waals surface area contributed by atoms with Crippen molar-refractivity contribution in [3.63, 3.8) is 0 Å². The van der Waals surface area contributed by atoms with E-state index in [1.54, 1.807) is 0 Å². The standard InChI is InChI=1S/C13H18FN3O2/c1-2-3-16-4-6-17(7-5-16)12-11(13(18)19)8-10(14)9-15-12/h8-9H,2-7H2,1H3,(H,18,19). The van der Waals surface area contributed by atoms with Crippen LogP contribution in [0.2, 0.25) is 0 Å². The summed E-state index contributed by atoms with van der Waals surface area (Å²) in [6.07, 6.45) is 2.18. The van der Waals surface area contributed by atoms with Gasteiger partial charge in [-0.25, -0.2) is 14.2 Å². The first-order valence-corrected chi connectivity index (χ1v) is 6.48. The van der Waals surface area contributed by atoms with Gasteiger partial charge in [0, 0.05) is 26.2 Å². The maximum atomic E-state index is 13.1. The second-order valence-corrected chi connectivity index (χ2v) is 4.66. The van der Waals surface area contributed by atoms with Crippen LogP contribution < -0.4 is 4.90 Å². The quantitative estimate of drug-likeness (QED) is 0.895. The number of aromatic carboxylic acids is 1.